The molecule has 0 aromatic heterocycles. The maximum absolute atomic E-state index is 13.2. The lowest BCUT2D eigenvalue weighted by Crippen LogP contribution is -2.60. The van der Waals surface area contributed by atoms with Crippen LogP contribution in [-0.4, -0.2) is 38.9 Å². The summed E-state index contributed by atoms with van der Waals surface area (Å²) in [6.45, 7) is 1.30. The van der Waals surface area contributed by atoms with E-state index in [0.29, 0.717) is 13.8 Å². The van der Waals surface area contributed by atoms with E-state index in [9.17, 15) is 48.1 Å². The van der Waals surface area contributed by atoms with E-state index in [4.69, 9.17) is 0 Å². The third-order valence-corrected chi connectivity index (χ3v) is 4.22. The van der Waals surface area contributed by atoms with Crippen LogP contribution in [0.15, 0.2) is 0 Å². The minimum atomic E-state index is -6.33. The summed E-state index contributed by atoms with van der Waals surface area (Å²) in [6, 6.07) is 0. The lowest BCUT2D eigenvalue weighted by atomic mass is 10.1. The lowest BCUT2D eigenvalue weighted by Gasteiger charge is -2.34. The molecule has 0 aliphatic heterocycles. The second-order valence-corrected chi connectivity index (χ2v) is 5.86. The minimum absolute atomic E-state index is 0.652. The molecule has 0 heterocycles. The van der Waals surface area contributed by atoms with E-state index >= 15 is 0 Å². The Bertz CT molecular complexity index is 375. The van der Waals surface area contributed by atoms with Crippen LogP contribution in [0.3, 0.4) is 0 Å². The Morgan fingerprint density at radius 1 is 0.727 bits per heavy atom. The molecule has 0 rings (SSSR count). The first kappa shape index (κ1) is 21.4. The van der Waals surface area contributed by atoms with Crippen LogP contribution in [0.4, 0.5) is 43.9 Å². The van der Waals surface area contributed by atoms with Crippen LogP contribution in [0.2, 0.25) is 0 Å². The summed E-state index contributed by atoms with van der Waals surface area (Å²) < 4.78 is 142. The van der Waals surface area contributed by atoms with Crippen molar-refractivity contribution in [1.29, 1.82) is 0 Å². The maximum atomic E-state index is 13.2. The number of hydrogen-bond acceptors (Lipinski definition) is 1. The molecule has 0 bridgehead atoms. The van der Waals surface area contributed by atoms with Gasteiger partial charge in [-0.25, -0.2) is 13.0 Å². The summed E-state index contributed by atoms with van der Waals surface area (Å²) in [4.78, 5) is 0. The second-order valence-electron chi connectivity index (χ2n) is 4.30. The molecule has 0 saturated heterocycles. The van der Waals surface area contributed by atoms with E-state index in [2.05, 4.69) is 0 Å². The Kier molecular flexibility index (Phi) is 6.36. The van der Waals surface area contributed by atoms with Gasteiger partial charge in [0.25, 0.3) is 0 Å². The highest BCUT2D eigenvalue weighted by Crippen LogP contribution is 2.51. The van der Waals surface area contributed by atoms with E-state index in [-0.39, 0.29) is 0 Å². The summed E-state index contributed by atoms with van der Waals surface area (Å²) in [5.74, 6) is -11.8. The van der Waals surface area contributed by atoms with Crippen molar-refractivity contribution in [2.75, 3.05) is 0 Å². The van der Waals surface area contributed by atoms with Crippen molar-refractivity contribution in [3.05, 3.63) is 0 Å². The summed E-state index contributed by atoms with van der Waals surface area (Å²) in [7, 11) is -5.57. The molecular weight excluding hydrogens is 358 g/mol. The molecule has 22 heavy (non-hydrogen) atoms. The molecule has 0 amide bonds. The first-order chi connectivity index (χ1) is 9.62. The zero-order valence-electron chi connectivity index (χ0n) is 11.2. The van der Waals surface area contributed by atoms with Crippen molar-refractivity contribution in [3.63, 3.8) is 0 Å². The van der Waals surface area contributed by atoms with E-state index in [0.717, 1.165) is 0 Å². The Balaban J connectivity index is 5.83. The smallest absolute Gasteiger partial charge is 0.247 e. The van der Waals surface area contributed by atoms with Crippen LogP contribution < -0.4 is 0 Å². The van der Waals surface area contributed by atoms with Gasteiger partial charge in [0.15, 0.2) is 23.1 Å². The van der Waals surface area contributed by atoms with E-state index < -0.39 is 58.3 Å². The first-order valence-corrected chi connectivity index (χ1v) is 6.98. The SMILES string of the molecule is CCC(F)C(F)(F)C(F)(F)S(=O)C(F)(F)C(F)(F)C(F)CC. The molecule has 0 N–H and O–H groups in total. The average Bonchev–Trinajstić information content (AvgIpc) is 2.43. The fraction of sp³-hybridized carbons (Fsp3) is 1.00. The summed E-state index contributed by atoms with van der Waals surface area (Å²) in [5, 5.41) is -12.7. The second kappa shape index (κ2) is 6.52. The van der Waals surface area contributed by atoms with Gasteiger partial charge in [0.05, 0.1) is 0 Å². The van der Waals surface area contributed by atoms with Crippen molar-refractivity contribution in [2.24, 2.45) is 0 Å². The van der Waals surface area contributed by atoms with Gasteiger partial charge in [0, 0.05) is 0 Å². The van der Waals surface area contributed by atoms with Gasteiger partial charge in [-0.2, -0.15) is 35.1 Å². The molecule has 0 spiro atoms. The summed E-state index contributed by atoms with van der Waals surface area (Å²) >= 11 is 0. The average molecular weight is 370 g/mol. The number of halogens is 10. The van der Waals surface area contributed by atoms with Gasteiger partial charge >= 0.3 is 22.4 Å². The van der Waals surface area contributed by atoms with Crippen LogP contribution in [0.5, 0.6) is 0 Å². The Morgan fingerprint density at radius 3 is 1.14 bits per heavy atom. The first-order valence-electron chi connectivity index (χ1n) is 5.83. The molecule has 0 aromatic carbocycles. The lowest BCUT2D eigenvalue weighted by molar-refractivity contribution is -0.214. The van der Waals surface area contributed by atoms with Gasteiger partial charge in [-0.05, 0) is 12.8 Å². The molecule has 1 nitrogen and oxygen atoms in total. The fourth-order valence-electron chi connectivity index (χ4n) is 1.29. The van der Waals surface area contributed by atoms with Crippen molar-refractivity contribution >= 4 is 10.8 Å². The maximum Gasteiger partial charge on any atom is 0.391 e. The molecule has 0 aromatic rings. The summed E-state index contributed by atoms with van der Waals surface area (Å²) in [5.41, 5.74) is 0. The highest BCUT2D eigenvalue weighted by molar-refractivity contribution is 7.87. The highest BCUT2D eigenvalue weighted by atomic mass is 32.2. The van der Waals surface area contributed by atoms with Gasteiger partial charge in [0.2, 0.25) is 0 Å². The third-order valence-electron chi connectivity index (χ3n) is 2.75. The van der Waals surface area contributed by atoms with Crippen molar-refractivity contribution in [3.8, 4) is 0 Å². The van der Waals surface area contributed by atoms with Crippen molar-refractivity contribution < 1.29 is 48.1 Å². The largest absolute Gasteiger partial charge is 0.391 e. The third kappa shape index (κ3) is 3.21. The van der Waals surface area contributed by atoms with Gasteiger partial charge in [-0.3, -0.25) is 0 Å². The van der Waals surface area contributed by atoms with Gasteiger partial charge in [0.1, 0.15) is 0 Å². The van der Waals surface area contributed by atoms with E-state index in [1.54, 1.807) is 0 Å². The van der Waals surface area contributed by atoms with Crippen LogP contribution in [-0.2, 0) is 10.8 Å². The van der Waals surface area contributed by atoms with Gasteiger partial charge in [-0.1, -0.05) is 13.8 Å². The van der Waals surface area contributed by atoms with Crippen LogP contribution in [0, 0.1) is 0 Å². The van der Waals surface area contributed by atoms with Crippen LogP contribution in [0.1, 0.15) is 26.7 Å². The zero-order valence-corrected chi connectivity index (χ0v) is 12.0. The molecule has 134 valence electrons. The number of rotatable bonds is 8. The topological polar surface area (TPSA) is 17.1 Å². The Morgan fingerprint density at radius 2 is 0.955 bits per heavy atom. The van der Waals surface area contributed by atoms with Crippen molar-refractivity contribution in [1.82, 2.24) is 0 Å². The highest BCUT2D eigenvalue weighted by Gasteiger charge is 2.76. The molecule has 2 atom stereocenters. The quantitative estimate of drug-likeness (QED) is 0.567. The molecular formula is C10H12F10OS. The van der Waals surface area contributed by atoms with Gasteiger partial charge in [-0.15, -0.1) is 0 Å². The van der Waals surface area contributed by atoms with Crippen molar-refractivity contribution in [2.45, 2.75) is 61.4 Å². The summed E-state index contributed by atoms with van der Waals surface area (Å²) in [6.07, 6.45) is -9.96. The van der Waals surface area contributed by atoms with Crippen LogP contribution in [0.25, 0.3) is 0 Å². The number of hydrogen-bond donors (Lipinski definition) is 0. The molecule has 0 radical (unpaired) electrons. The Labute approximate surface area is 121 Å². The molecule has 0 saturated carbocycles. The van der Waals surface area contributed by atoms with Crippen LogP contribution >= 0.6 is 0 Å². The predicted octanol–water partition coefficient (Wildman–Crippen LogP) is 4.69. The van der Waals surface area contributed by atoms with E-state index in [1.165, 1.54) is 0 Å². The molecule has 12 heteroatoms. The fourth-order valence-corrected chi connectivity index (χ4v) is 2.36. The van der Waals surface area contributed by atoms with Gasteiger partial charge < -0.3 is 0 Å². The standard InChI is InChI=1S/C10H12F10OS/c1-3-5(11)7(13,14)9(17,18)22(21)10(19,20)8(15,16)6(12)4-2/h5-6H,3-4H2,1-2H3. The molecule has 0 aliphatic rings. The monoisotopic (exact) mass is 370 g/mol. The Hall–Kier alpha value is -0.550. The molecule has 2 unspecified atom stereocenters. The number of alkyl halides is 10. The zero-order chi connectivity index (χ0) is 18.1. The predicted molar refractivity (Wildman–Crippen MR) is 58.3 cm³/mol. The minimum Gasteiger partial charge on any atom is -0.247 e. The normalized spacial score (nSPS) is 18.9. The molecule has 0 fully saturated rings. The van der Waals surface area contributed by atoms with E-state index in [1.807, 2.05) is 0 Å². The molecule has 0 aliphatic carbocycles.